The molecule has 4 aromatic rings. The van der Waals surface area contributed by atoms with Crippen LogP contribution in [-0.4, -0.2) is 14.8 Å². The second-order valence-electron chi connectivity index (χ2n) is 5.97. The first-order valence-corrected chi connectivity index (χ1v) is 8.00. The molecule has 0 atom stereocenters. The molecule has 1 aliphatic rings. The average Bonchev–Trinajstić information content (AvgIpc) is 3.32. The third-order valence-corrected chi connectivity index (χ3v) is 4.58. The van der Waals surface area contributed by atoms with Crippen LogP contribution < -0.4 is 0 Å². The number of nitrogens with zero attached hydrogens (tertiary/aromatic N) is 3. The number of rotatable bonds is 2. The second kappa shape index (κ2) is 5.03. The summed E-state index contributed by atoms with van der Waals surface area (Å²) in [5.74, 6) is -0.273. The molecule has 3 aromatic heterocycles. The van der Waals surface area contributed by atoms with Crippen LogP contribution in [0.1, 0.15) is 12.1 Å². The van der Waals surface area contributed by atoms with Crippen LogP contribution in [0.4, 0.5) is 4.39 Å². The Morgan fingerprint density at radius 1 is 1.12 bits per heavy atom. The molecule has 5 heteroatoms. The van der Waals surface area contributed by atoms with Gasteiger partial charge in [0, 0.05) is 29.6 Å². The largest absolute Gasteiger partial charge is 0.464 e. The van der Waals surface area contributed by atoms with Gasteiger partial charge in [-0.15, -0.1) is 0 Å². The fraction of sp³-hybridized carbons (Fsp3) is 0.158. The molecule has 0 radical (unpaired) electrons. The lowest BCUT2D eigenvalue weighted by Crippen LogP contribution is -1.94. The summed E-state index contributed by atoms with van der Waals surface area (Å²) in [5.41, 5.74) is 5.26. The number of hydrogen-bond donors (Lipinski definition) is 0. The van der Waals surface area contributed by atoms with Crippen LogP contribution in [0.2, 0.25) is 0 Å². The van der Waals surface area contributed by atoms with E-state index in [1.54, 1.807) is 18.3 Å². The zero-order chi connectivity index (χ0) is 16.1. The molecule has 0 N–H and O–H groups in total. The highest BCUT2D eigenvalue weighted by atomic mass is 19.1. The van der Waals surface area contributed by atoms with E-state index in [1.165, 1.54) is 18.0 Å². The van der Waals surface area contributed by atoms with Gasteiger partial charge in [0.1, 0.15) is 17.1 Å². The van der Waals surface area contributed by atoms with Gasteiger partial charge in [-0.2, -0.15) is 5.10 Å². The molecule has 0 amide bonds. The van der Waals surface area contributed by atoms with E-state index in [2.05, 4.69) is 4.98 Å². The van der Waals surface area contributed by atoms with Gasteiger partial charge in [0.25, 0.3) is 0 Å². The Bertz CT molecular complexity index is 1050. The van der Waals surface area contributed by atoms with Crippen LogP contribution in [0.3, 0.4) is 0 Å². The van der Waals surface area contributed by atoms with Gasteiger partial charge in [-0.25, -0.2) is 4.39 Å². The van der Waals surface area contributed by atoms with Crippen LogP contribution in [0.25, 0.3) is 33.5 Å². The van der Waals surface area contributed by atoms with Crippen molar-refractivity contribution < 1.29 is 8.81 Å². The van der Waals surface area contributed by atoms with E-state index in [1.807, 2.05) is 22.9 Å². The standard InChI is InChI=1S/C19H14FN3O/c20-14-7-6-13(19-12(14)8-11-24-19)17-16-5-3-10-23(16)22-18(17)15-4-1-2-9-21-15/h1-2,4,6-9,11H,3,5,10H2. The lowest BCUT2D eigenvalue weighted by atomic mass is 9.98. The quantitative estimate of drug-likeness (QED) is 0.548. The van der Waals surface area contributed by atoms with Crippen LogP contribution in [0, 0.1) is 5.82 Å². The van der Waals surface area contributed by atoms with Gasteiger partial charge < -0.3 is 4.42 Å². The predicted molar refractivity (Wildman–Crippen MR) is 88.9 cm³/mol. The highest BCUT2D eigenvalue weighted by Crippen LogP contribution is 2.40. The van der Waals surface area contributed by atoms with Gasteiger partial charge in [0.15, 0.2) is 0 Å². The van der Waals surface area contributed by atoms with Crippen molar-refractivity contribution in [3.63, 3.8) is 0 Å². The summed E-state index contributed by atoms with van der Waals surface area (Å²) in [4.78, 5) is 4.45. The van der Waals surface area contributed by atoms with Crippen LogP contribution in [0.15, 0.2) is 53.3 Å². The zero-order valence-electron chi connectivity index (χ0n) is 12.9. The van der Waals surface area contributed by atoms with Gasteiger partial charge in [-0.1, -0.05) is 6.07 Å². The third-order valence-electron chi connectivity index (χ3n) is 4.58. The van der Waals surface area contributed by atoms with E-state index in [9.17, 15) is 4.39 Å². The Hall–Kier alpha value is -2.95. The molecule has 0 saturated heterocycles. The average molecular weight is 319 g/mol. The Morgan fingerprint density at radius 3 is 2.96 bits per heavy atom. The highest BCUT2D eigenvalue weighted by molar-refractivity contribution is 5.97. The number of fused-ring (bicyclic) bond motifs is 2. The first kappa shape index (κ1) is 13.5. The van der Waals surface area contributed by atoms with E-state index in [-0.39, 0.29) is 5.82 Å². The maximum absolute atomic E-state index is 14.0. The monoisotopic (exact) mass is 319 g/mol. The number of halogens is 1. The molecule has 1 aliphatic heterocycles. The van der Waals surface area contributed by atoms with Crippen molar-refractivity contribution in [3.8, 4) is 22.5 Å². The summed E-state index contributed by atoms with van der Waals surface area (Å²) in [5, 5.41) is 5.27. The Labute approximate surface area is 137 Å². The predicted octanol–water partition coefficient (Wildman–Crippen LogP) is 4.44. The van der Waals surface area contributed by atoms with Crippen LogP contribution in [0.5, 0.6) is 0 Å². The molecule has 5 rings (SSSR count). The Balaban J connectivity index is 1.84. The number of aromatic nitrogens is 3. The number of hydrogen-bond acceptors (Lipinski definition) is 3. The normalized spacial score (nSPS) is 13.5. The fourth-order valence-corrected chi connectivity index (χ4v) is 3.52. The van der Waals surface area contributed by atoms with Gasteiger partial charge in [-0.05, 0) is 43.2 Å². The van der Waals surface area contributed by atoms with Crippen molar-refractivity contribution in [1.29, 1.82) is 0 Å². The zero-order valence-corrected chi connectivity index (χ0v) is 12.9. The first-order valence-electron chi connectivity index (χ1n) is 8.00. The molecule has 0 fully saturated rings. The maximum Gasteiger partial charge on any atom is 0.144 e. The fourth-order valence-electron chi connectivity index (χ4n) is 3.52. The molecular weight excluding hydrogens is 305 g/mol. The third kappa shape index (κ3) is 1.84. The molecule has 0 bridgehead atoms. The van der Waals surface area contributed by atoms with E-state index in [0.29, 0.717) is 11.0 Å². The molecule has 0 unspecified atom stereocenters. The molecular formula is C19H14FN3O. The van der Waals surface area contributed by atoms with Crippen molar-refractivity contribution in [2.75, 3.05) is 0 Å². The maximum atomic E-state index is 14.0. The Morgan fingerprint density at radius 2 is 2.08 bits per heavy atom. The summed E-state index contributed by atoms with van der Waals surface area (Å²) in [7, 11) is 0. The smallest absolute Gasteiger partial charge is 0.144 e. The summed E-state index contributed by atoms with van der Waals surface area (Å²) in [6.07, 6.45) is 5.31. The summed E-state index contributed by atoms with van der Waals surface area (Å²) in [6.45, 7) is 0.900. The van der Waals surface area contributed by atoms with E-state index in [0.717, 1.165) is 41.9 Å². The lowest BCUT2D eigenvalue weighted by molar-refractivity contribution is 0.611. The van der Waals surface area contributed by atoms with Gasteiger partial charge >= 0.3 is 0 Å². The summed E-state index contributed by atoms with van der Waals surface area (Å²) >= 11 is 0. The SMILES string of the molecule is Fc1ccc(-c2c(-c3ccccn3)nn3c2CCC3)c2occc12. The minimum absolute atomic E-state index is 0.273. The van der Waals surface area contributed by atoms with E-state index < -0.39 is 0 Å². The second-order valence-corrected chi connectivity index (χ2v) is 5.97. The van der Waals surface area contributed by atoms with Crippen molar-refractivity contribution in [3.05, 3.63) is 60.4 Å². The van der Waals surface area contributed by atoms with Crippen LogP contribution in [-0.2, 0) is 13.0 Å². The first-order chi connectivity index (χ1) is 11.8. The molecule has 118 valence electrons. The van der Waals surface area contributed by atoms with Crippen molar-refractivity contribution in [1.82, 2.24) is 14.8 Å². The van der Waals surface area contributed by atoms with Crippen molar-refractivity contribution in [2.24, 2.45) is 0 Å². The number of pyridine rings is 1. The molecule has 1 aromatic carbocycles. The van der Waals surface area contributed by atoms with Gasteiger partial charge in [0.05, 0.1) is 17.3 Å². The lowest BCUT2D eigenvalue weighted by Gasteiger charge is -2.06. The minimum Gasteiger partial charge on any atom is -0.464 e. The number of benzene rings is 1. The molecule has 4 heterocycles. The van der Waals surface area contributed by atoms with Crippen molar-refractivity contribution >= 4 is 11.0 Å². The Kier molecular flexibility index (Phi) is 2.82. The summed E-state index contributed by atoms with van der Waals surface area (Å²) < 4.78 is 21.7. The minimum atomic E-state index is -0.273. The topological polar surface area (TPSA) is 43.9 Å². The highest BCUT2D eigenvalue weighted by Gasteiger charge is 2.26. The van der Waals surface area contributed by atoms with Gasteiger partial charge in [0.2, 0.25) is 0 Å². The molecule has 0 spiro atoms. The molecule has 0 aliphatic carbocycles. The summed E-state index contributed by atoms with van der Waals surface area (Å²) in [6, 6.07) is 10.7. The molecule has 24 heavy (non-hydrogen) atoms. The van der Waals surface area contributed by atoms with E-state index in [4.69, 9.17) is 9.52 Å². The van der Waals surface area contributed by atoms with Crippen LogP contribution >= 0.6 is 0 Å². The number of aryl methyl sites for hydroxylation is 1. The number of furan rings is 1. The molecule has 0 saturated carbocycles. The molecule has 4 nitrogen and oxygen atoms in total. The van der Waals surface area contributed by atoms with Gasteiger partial charge in [-0.3, -0.25) is 9.67 Å². The van der Waals surface area contributed by atoms with Crippen molar-refractivity contribution in [2.45, 2.75) is 19.4 Å². The van der Waals surface area contributed by atoms with E-state index >= 15 is 0 Å².